The minimum atomic E-state index is 0.134. The number of hydrogen-bond donors (Lipinski definition) is 1. The lowest BCUT2D eigenvalue weighted by Crippen LogP contribution is -2.12. The van der Waals surface area contributed by atoms with Crippen LogP contribution < -0.4 is 5.73 Å². The summed E-state index contributed by atoms with van der Waals surface area (Å²) in [4.78, 5) is 0. The molecule has 0 saturated heterocycles. The van der Waals surface area contributed by atoms with Gasteiger partial charge in [-0.15, -0.1) is 0 Å². The van der Waals surface area contributed by atoms with Crippen LogP contribution in [0.1, 0.15) is 24.4 Å². The molecule has 1 atom stereocenters. The van der Waals surface area contributed by atoms with Gasteiger partial charge in [-0.3, -0.25) is 0 Å². The molecule has 0 heterocycles. The first-order valence-corrected chi connectivity index (χ1v) is 5.14. The van der Waals surface area contributed by atoms with Crippen LogP contribution >= 0.6 is 23.2 Å². The molecule has 1 aliphatic carbocycles. The lowest BCUT2D eigenvalue weighted by atomic mass is 10.0. The molecule has 0 aromatic heterocycles. The fourth-order valence-corrected chi connectivity index (χ4v) is 1.75. The van der Waals surface area contributed by atoms with Crippen LogP contribution in [0, 0.1) is 5.92 Å². The van der Waals surface area contributed by atoms with Crippen LogP contribution in [0.5, 0.6) is 0 Å². The summed E-state index contributed by atoms with van der Waals surface area (Å²) in [6.07, 6.45) is 2.48. The average molecular weight is 216 g/mol. The van der Waals surface area contributed by atoms with Crippen molar-refractivity contribution in [2.45, 2.75) is 18.9 Å². The van der Waals surface area contributed by atoms with Crippen LogP contribution in [-0.4, -0.2) is 0 Å². The molecule has 70 valence electrons. The van der Waals surface area contributed by atoms with Crippen LogP contribution in [-0.2, 0) is 0 Å². The molecule has 1 aromatic rings. The summed E-state index contributed by atoms with van der Waals surface area (Å²) < 4.78 is 0. The summed E-state index contributed by atoms with van der Waals surface area (Å²) >= 11 is 11.7. The predicted octanol–water partition coefficient (Wildman–Crippen LogP) is 3.40. The summed E-state index contributed by atoms with van der Waals surface area (Å²) in [5, 5.41) is 1.18. The number of rotatable bonds is 2. The Labute approximate surface area is 87.8 Å². The molecule has 1 nitrogen and oxygen atoms in total. The first-order chi connectivity index (χ1) is 6.18. The van der Waals surface area contributed by atoms with E-state index in [1.54, 1.807) is 0 Å². The minimum Gasteiger partial charge on any atom is -0.324 e. The zero-order chi connectivity index (χ0) is 9.42. The van der Waals surface area contributed by atoms with Crippen LogP contribution in [0.15, 0.2) is 18.2 Å². The van der Waals surface area contributed by atoms with E-state index in [0.717, 1.165) is 5.56 Å². The first kappa shape index (κ1) is 9.32. The lowest BCUT2D eigenvalue weighted by molar-refractivity contribution is 0.633. The van der Waals surface area contributed by atoms with Gasteiger partial charge < -0.3 is 5.73 Å². The Kier molecular flexibility index (Phi) is 2.50. The Morgan fingerprint density at radius 1 is 1.23 bits per heavy atom. The van der Waals surface area contributed by atoms with Crippen LogP contribution in [0.4, 0.5) is 0 Å². The lowest BCUT2D eigenvalue weighted by Gasteiger charge is -2.10. The zero-order valence-corrected chi connectivity index (χ0v) is 8.65. The SMILES string of the molecule is N[C@@H](c1ccc(Cl)c(Cl)c1)C1CC1. The zero-order valence-electron chi connectivity index (χ0n) is 7.13. The topological polar surface area (TPSA) is 26.0 Å². The third-order valence-electron chi connectivity index (χ3n) is 2.46. The molecule has 1 saturated carbocycles. The van der Waals surface area contributed by atoms with Gasteiger partial charge in [0.1, 0.15) is 0 Å². The number of halogens is 2. The van der Waals surface area contributed by atoms with Crippen molar-refractivity contribution in [1.29, 1.82) is 0 Å². The summed E-state index contributed by atoms with van der Waals surface area (Å²) in [5.74, 6) is 0.650. The predicted molar refractivity (Wildman–Crippen MR) is 56.1 cm³/mol. The number of hydrogen-bond acceptors (Lipinski definition) is 1. The summed E-state index contributed by atoms with van der Waals surface area (Å²) in [6, 6.07) is 5.76. The van der Waals surface area contributed by atoms with Gasteiger partial charge in [-0.2, -0.15) is 0 Å². The van der Waals surface area contributed by atoms with Crippen molar-refractivity contribution in [1.82, 2.24) is 0 Å². The van der Waals surface area contributed by atoms with Crippen molar-refractivity contribution in [2.75, 3.05) is 0 Å². The molecule has 3 heteroatoms. The number of benzene rings is 1. The Morgan fingerprint density at radius 3 is 2.46 bits per heavy atom. The Hall–Kier alpha value is -0.240. The highest BCUT2D eigenvalue weighted by molar-refractivity contribution is 6.42. The van der Waals surface area contributed by atoms with Gasteiger partial charge in [0.2, 0.25) is 0 Å². The molecule has 1 aromatic carbocycles. The fraction of sp³-hybridized carbons (Fsp3) is 0.400. The smallest absolute Gasteiger partial charge is 0.0595 e. The molecule has 0 unspecified atom stereocenters. The Bertz CT molecular complexity index is 321. The van der Waals surface area contributed by atoms with Crippen molar-refractivity contribution >= 4 is 23.2 Å². The summed E-state index contributed by atoms with van der Waals surface area (Å²) in [6.45, 7) is 0. The minimum absolute atomic E-state index is 0.134. The standard InChI is InChI=1S/C10H11Cl2N/c11-8-4-3-7(5-9(8)12)10(13)6-1-2-6/h3-6,10H,1-2,13H2/t10-/m1/s1. The average Bonchev–Trinajstić information content (AvgIpc) is 2.91. The van der Waals surface area contributed by atoms with Gasteiger partial charge >= 0.3 is 0 Å². The second-order valence-corrected chi connectivity index (χ2v) is 4.35. The van der Waals surface area contributed by atoms with Gasteiger partial charge in [0.05, 0.1) is 10.0 Å². The first-order valence-electron chi connectivity index (χ1n) is 4.39. The van der Waals surface area contributed by atoms with Crippen LogP contribution in [0.2, 0.25) is 10.0 Å². The van der Waals surface area contributed by atoms with Crippen LogP contribution in [0.25, 0.3) is 0 Å². The molecule has 2 N–H and O–H groups in total. The molecule has 1 aliphatic rings. The normalized spacial score (nSPS) is 18.7. The molecule has 0 radical (unpaired) electrons. The highest BCUT2D eigenvalue weighted by Crippen LogP contribution is 2.40. The molecule has 2 rings (SSSR count). The monoisotopic (exact) mass is 215 g/mol. The molecule has 0 spiro atoms. The molecule has 0 bridgehead atoms. The van der Waals surface area contributed by atoms with E-state index in [9.17, 15) is 0 Å². The Morgan fingerprint density at radius 2 is 1.92 bits per heavy atom. The van der Waals surface area contributed by atoms with E-state index in [2.05, 4.69) is 0 Å². The van der Waals surface area contributed by atoms with Crippen molar-refractivity contribution in [3.63, 3.8) is 0 Å². The molecule has 13 heavy (non-hydrogen) atoms. The van der Waals surface area contributed by atoms with Gasteiger partial charge in [0, 0.05) is 6.04 Å². The van der Waals surface area contributed by atoms with Gasteiger partial charge in [-0.1, -0.05) is 29.3 Å². The van der Waals surface area contributed by atoms with E-state index >= 15 is 0 Å². The highest BCUT2D eigenvalue weighted by Gasteiger charge is 2.29. The largest absolute Gasteiger partial charge is 0.324 e. The van der Waals surface area contributed by atoms with E-state index in [1.165, 1.54) is 12.8 Å². The molecular formula is C10H11Cl2N. The van der Waals surface area contributed by atoms with Crippen molar-refractivity contribution < 1.29 is 0 Å². The molecule has 1 fully saturated rings. The second-order valence-electron chi connectivity index (χ2n) is 3.54. The second kappa shape index (κ2) is 3.49. The van der Waals surface area contributed by atoms with Crippen molar-refractivity contribution in [3.05, 3.63) is 33.8 Å². The quantitative estimate of drug-likeness (QED) is 0.805. The van der Waals surface area contributed by atoms with Crippen molar-refractivity contribution in [2.24, 2.45) is 11.7 Å². The van der Waals surface area contributed by atoms with Crippen molar-refractivity contribution in [3.8, 4) is 0 Å². The van der Waals surface area contributed by atoms with E-state index in [0.29, 0.717) is 16.0 Å². The van der Waals surface area contributed by atoms with E-state index in [-0.39, 0.29) is 6.04 Å². The highest BCUT2D eigenvalue weighted by atomic mass is 35.5. The van der Waals surface area contributed by atoms with Gasteiger partial charge in [0.25, 0.3) is 0 Å². The third-order valence-corrected chi connectivity index (χ3v) is 3.20. The maximum Gasteiger partial charge on any atom is 0.0595 e. The van der Waals surface area contributed by atoms with Gasteiger partial charge in [-0.05, 0) is 36.5 Å². The Balaban J connectivity index is 2.24. The summed E-state index contributed by atoms with van der Waals surface area (Å²) in [7, 11) is 0. The fourth-order valence-electron chi connectivity index (χ4n) is 1.45. The van der Waals surface area contributed by atoms with Gasteiger partial charge in [-0.25, -0.2) is 0 Å². The molecular weight excluding hydrogens is 205 g/mol. The number of nitrogens with two attached hydrogens (primary N) is 1. The van der Waals surface area contributed by atoms with E-state index in [1.807, 2.05) is 18.2 Å². The summed E-state index contributed by atoms with van der Waals surface area (Å²) in [5.41, 5.74) is 7.11. The maximum atomic E-state index is 6.02. The molecule has 0 aliphatic heterocycles. The van der Waals surface area contributed by atoms with E-state index in [4.69, 9.17) is 28.9 Å². The molecule has 0 amide bonds. The third kappa shape index (κ3) is 1.98. The maximum absolute atomic E-state index is 6.02. The van der Waals surface area contributed by atoms with Gasteiger partial charge in [0.15, 0.2) is 0 Å². The van der Waals surface area contributed by atoms with E-state index < -0.39 is 0 Å². The van der Waals surface area contributed by atoms with Crippen LogP contribution in [0.3, 0.4) is 0 Å².